The van der Waals surface area contributed by atoms with E-state index < -0.39 is 0 Å². The van der Waals surface area contributed by atoms with Gasteiger partial charge in [0.1, 0.15) is 11.5 Å². The summed E-state index contributed by atoms with van der Waals surface area (Å²) in [6.07, 6.45) is 5.97. The Labute approximate surface area is 170 Å². The molecule has 3 amide bonds. The van der Waals surface area contributed by atoms with Gasteiger partial charge in [0.15, 0.2) is 0 Å². The summed E-state index contributed by atoms with van der Waals surface area (Å²) in [6.45, 7) is 1.09. The van der Waals surface area contributed by atoms with Gasteiger partial charge < -0.3 is 25.0 Å². The Morgan fingerprint density at radius 3 is 2.46 bits per heavy atom. The highest BCUT2D eigenvalue weighted by atomic mass is 35.5. The molecule has 0 aromatic heterocycles. The molecule has 2 fully saturated rings. The van der Waals surface area contributed by atoms with Gasteiger partial charge in [0.05, 0.1) is 30.8 Å². The molecular weight excluding hydrogens is 382 g/mol. The smallest absolute Gasteiger partial charge is 0.317 e. The average molecular weight is 410 g/mol. The lowest BCUT2D eigenvalue weighted by Gasteiger charge is -2.33. The molecule has 8 heteroatoms. The van der Waals surface area contributed by atoms with Crippen LogP contribution < -0.4 is 20.1 Å². The number of urea groups is 1. The van der Waals surface area contributed by atoms with E-state index in [-0.39, 0.29) is 23.9 Å². The number of piperidine rings is 1. The van der Waals surface area contributed by atoms with Gasteiger partial charge in [0.2, 0.25) is 5.91 Å². The van der Waals surface area contributed by atoms with Gasteiger partial charge in [-0.3, -0.25) is 4.79 Å². The predicted molar refractivity (Wildman–Crippen MR) is 108 cm³/mol. The van der Waals surface area contributed by atoms with E-state index in [1.54, 1.807) is 17.0 Å². The van der Waals surface area contributed by atoms with Crippen molar-refractivity contribution in [2.24, 2.45) is 5.92 Å². The molecule has 1 aromatic rings. The standard InChI is InChI=1S/C20H28ClN3O4/c1-27-17-11-18(28-2)16(10-15(17)21)23-19(25)13-6-5-9-24(12-13)20(26)22-14-7-3-4-8-14/h10-11,13-14H,3-9,12H2,1-2H3,(H,22,26)(H,23,25)/t13-/m1/s1. The number of anilines is 1. The molecule has 0 bridgehead atoms. The van der Waals surface area contributed by atoms with E-state index in [0.717, 1.165) is 25.7 Å². The van der Waals surface area contributed by atoms with E-state index in [0.29, 0.717) is 35.3 Å². The molecule has 1 aromatic carbocycles. The quantitative estimate of drug-likeness (QED) is 0.777. The van der Waals surface area contributed by atoms with Gasteiger partial charge in [-0.2, -0.15) is 0 Å². The number of ether oxygens (including phenoxy) is 2. The van der Waals surface area contributed by atoms with Crippen LogP contribution in [0.25, 0.3) is 0 Å². The lowest BCUT2D eigenvalue weighted by atomic mass is 9.97. The Balaban J connectivity index is 1.62. The Hall–Kier alpha value is -2.15. The lowest BCUT2D eigenvalue weighted by Crippen LogP contribution is -2.49. The summed E-state index contributed by atoms with van der Waals surface area (Å²) in [4.78, 5) is 27.1. The van der Waals surface area contributed by atoms with Gasteiger partial charge in [0, 0.05) is 25.2 Å². The Bertz CT molecular complexity index is 722. The second-order valence-corrected chi connectivity index (χ2v) is 7.80. The number of carbonyl (C=O) groups is 2. The molecule has 28 heavy (non-hydrogen) atoms. The average Bonchev–Trinajstić information content (AvgIpc) is 3.21. The van der Waals surface area contributed by atoms with E-state index >= 15 is 0 Å². The molecule has 1 heterocycles. The number of methoxy groups -OCH3 is 2. The number of hydrogen-bond donors (Lipinski definition) is 2. The van der Waals surface area contributed by atoms with Crippen LogP contribution in [0, 0.1) is 5.92 Å². The highest BCUT2D eigenvalue weighted by Gasteiger charge is 2.30. The summed E-state index contributed by atoms with van der Waals surface area (Å²) in [5.41, 5.74) is 0.492. The summed E-state index contributed by atoms with van der Waals surface area (Å²) in [6, 6.07) is 3.46. The van der Waals surface area contributed by atoms with Gasteiger partial charge in [0.25, 0.3) is 0 Å². The maximum atomic E-state index is 12.8. The van der Waals surface area contributed by atoms with Crippen molar-refractivity contribution in [2.75, 3.05) is 32.6 Å². The number of nitrogens with one attached hydrogen (secondary N) is 2. The summed E-state index contributed by atoms with van der Waals surface area (Å²) >= 11 is 6.18. The number of likely N-dealkylation sites (tertiary alicyclic amines) is 1. The predicted octanol–water partition coefficient (Wildman–Crippen LogP) is 3.66. The number of benzene rings is 1. The first-order valence-corrected chi connectivity index (χ1v) is 10.2. The number of carbonyl (C=O) groups excluding carboxylic acids is 2. The van der Waals surface area contributed by atoms with E-state index in [1.807, 2.05) is 0 Å². The molecule has 0 spiro atoms. The lowest BCUT2D eigenvalue weighted by molar-refractivity contribution is -0.121. The van der Waals surface area contributed by atoms with Crippen LogP contribution in [0.5, 0.6) is 11.5 Å². The molecule has 1 saturated heterocycles. The van der Waals surface area contributed by atoms with Crippen molar-refractivity contribution in [3.8, 4) is 11.5 Å². The van der Waals surface area contributed by atoms with Crippen molar-refractivity contribution in [2.45, 2.75) is 44.6 Å². The molecule has 154 valence electrons. The molecule has 1 aliphatic carbocycles. The number of hydrogen-bond acceptors (Lipinski definition) is 4. The van der Waals surface area contributed by atoms with Crippen LogP contribution in [0.2, 0.25) is 5.02 Å². The van der Waals surface area contributed by atoms with E-state index in [1.165, 1.54) is 27.1 Å². The zero-order chi connectivity index (χ0) is 20.1. The molecular formula is C20H28ClN3O4. The minimum Gasteiger partial charge on any atom is -0.495 e. The normalized spacial score (nSPS) is 20.0. The molecule has 1 aliphatic heterocycles. The fraction of sp³-hybridized carbons (Fsp3) is 0.600. The van der Waals surface area contributed by atoms with Crippen molar-refractivity contribution in [3.05, 3.63) is 17.2 Å². The SMILES string of the molecule is COc1cc(OC)c(NC(=O)[C@@H]2CCCN(C(=O)NC3CCCC3)C2)cc1Cl. The third kappa shape index (κ3) is 4.82. The van der Waals surface area contributed by atoms with Crippen molar-refractivity contribution in [1.29, 1.82) is 0 Å². The monoisotopic (exact) mass is 409 g/mol. The molecule has 7 nitrogen and oxygen atoms in total. The molecule has 1 atom stereocenters. The Morgan fingerprint density at radius 2 is 1.79 bits per heavy atom. The molecule has 2 aliphatic rings. The first kappa shape index (κ1) is 20.6. The van der Waals surface area contributed by atoms with Crippen molar-refractivity contribution < 1.29 is 19.1 Å². The third-order valence-corrected chi connectivity index (χ3v) is 5.79. The zero-order valence-corrected chi connectivity index (χ0v) is 17.2. The zero-order valence-electron chi connectivity index (χ0n) is 16.4. The number of amides is 3. The van der Waals surface area contributed by atoms with Crippen LogP contribution >= 0.6 is 11.6 Å². The number of halogens is 1. The fourth-order valence-electron chi connectivity index (χ4n) is 3.90. The van der Waals surface area contributed by atoms with Gasteiger partial charge in [-0.25, -0.2) is 4.79 Å². The molecule has 2 N–H and O–H groups in total. The second-order valence-electron chi connectivity index (χ2n) is 7.39. The number of rotatable bonds is 5. The van der Waals surface area contributed by atoms with Gasteiger partial charge in [-0.15, -0.1) is 0 Å². The summed E-state index contributed by atoms with van der Waals surface area (Å²) in [7, 11) is 3.04. The molecule has 0 unspecified atom stereocenters. The summed E-state index contributed by atoms with van der Waals surface area (Å²) < 4.78 is 10.5. The minimum absolute atomic E-state index is 0.0607. The Morgan fingerprint density at radius 1 is 1.07 bits per heavy atom. The van der Waals surface area contributed by atoms with Crippen molar-refractivity contribution >= 4 is 29.2 Å². The van der Waals surface area contributed by atoms with E-state index in [2.05, 4.69) is 10.6 Å². The number of nitrogens with zero attached hydrogens (tertiary/aromatic N) is 1. The molecule has 1 saturated carbocycles. The maximum absolute atomic E-state index is 12.8. The van der Waals surface area contributed by atoms with Crippen LogP contribution in [-0.4, -0.2) is 50.2 Å². The molecule has 0 radical (unpaired) electrons. The highest BCUT2D eigenvalue weighted by Crippen LogP contribution is 2.36. The highest BCUT2D eigenvalue weighted by molar-refractivity contribution is 6.32. The first-order chi connectivity index (χ1) is 13.5. The Kier molecular flexibility index (Phi) is 6.88. The van der Waals surface area contributed by atoms with Crippen LogP contribution in [0.15, 0.2) is 12.1 Å². The van der Waals surface area contributed by atoms with E-state index in [4.69, 9.17) is 21.1 Å². The first-order valence-electron chi connectivity index (χ1n) is 9.79. The maximum Gasteiger partial charge on any atom is 0.317 e. The van der Waals surface area contributed by atoms with Crippen LogP contribution in [0.4, 0.5) is 10.5 Å². The third-order valence-electron chi connectivity index (χ3n) is 5.49. The van der Waals surface area contributed by atoms with Crippen LogP contribution in [0.1, 0.15) is 38.5 Å². The minimum atomic E-state index is -0.270. The van der Waals surface area contributed by atoms with Crippen LogP contribution in [-0.2, 0) is 4.79 Å². The largest absolute Gasteiger partial charge is 0.495 e. The fourth-order valence-corrected chi connectivity index (χ4v) is 4.15. The van der Waals surface area contributed by atoms with Gasteiger partial charge in [-0.05, 0) is 31.7 Å². The summed E-state index contributed by atoms with van der Waals surface area (Å²) in [5, 5.41) is 6.38. The molecule has 3 rings (SSSR count). The second kappa shape index (κ2) is 9.37. The summed E-state index contributed by atoms with van der Waals surface area (Å²) in [5.74, 6) is 0.539. The van der Waals surface area contributed by atoms with Crippen LogP contribution in [0.3, 0.4) is 0 Å². The van der Waals surface area contributed by atoms with Crippen molar-refractivity contribution in [1.82, 2.24) is 10.2 Å². The topological polar surface area (TPSA) is 79.9 Å². The van der Waals surface area contributed by atoms with E-state index in [9.17, 15) is 9.59 Å². The van der Waals surface area contributed by atoms with Crippen molar-refractivity contribution in [3.63, 3.8) is 0 Å². The van der Waals surface area contributed by atoms with Gasteiger partial charge >= 0.3 is 6.03 Å². The van der Waals surface area contributed by atoms with Gasteiger partial charge in [-0.1, -0.05) is 24.4 Å².